The molecular weight excluding hydrogens is 250 g/mol. The fourth-order valence-corrected chi connectivity index (χ4v) is 2.51. The van der Waals surface area contributed by atoms with Crippen LogP contribution in [-0.4, -0.2) is 49.6 Å². The van der Waals surface area contributed by atoms with Gasteiger partial charge in [0.15, 0.2) is 0 Å². The molecule has 0 aliphatic heterocycles. The fourth-order valence-electron chi connectivity index (χ4n) is 2.51. The quantitative estimate of drug-likeness (QED) is 0.753. The largest absolute Gasteiger partial charge is 0.463 e. The zero-order valence-electron chi connectivity index (χ0n) is 14.0. The first-order chi connectivity index (χ1) is 9.47. The number of nitrogens with one attached hydrogen (secondary N) is 1. The van der Waals surface area contributed by atoms with E-state index in [0.29, 0.717) is 6.04 Å². The van der Waals surface area contributed by atoms with Gasteiger partial charge in [-0.3, -0.25) is 4.90 Å². The molecule has 0 aliphatic carbocycles. The summed E-state index contributed by atoms with van der Waals surface area (Å²) in [6.07, 6.45) is 0. The van der Waals surface area contributed by atoms with Crippen molar-refractivity contribution in [3.05, 3.63) is 23.2 Å². The Morgan fingerprint density at radius 1 is 1.30 bits per heavy atom. The summed E-state index contributed by atoms with van der Waals surface area (Å²) in [7, 11) is 4.24. The lowest BCUT2D eigenvalue weighted by Gasteiger charge is -2.29. The molecular formula is C16H31N3O. The molecule has 0 amide bonds. The Morgan fingerprint density at radius 3 is 2.55 bits per heavy atom. The van der Waals surface area contributed by atoms with Crippen LogP contribution in [0.25, 0.3) is 0 Å². The first-order valence-electron chi connectivity index (χ1n) is 7.65. The summed E-state index contributed by atoms with van der Waals surface area (Å²) >= 11 is 0. The second-order valence-electron chi connectivity index (χ2n) is 5.77. The zero-order chi connectivity index (χ0) is 15.1. The molecule has 4 heteroatoms. The van der Waals surface area contributed by atoms with Crippen molar-refractivity contribution in [1.82, 2.24) is 15.1 Å². The molecule has 1 unspecified atom stereocenters. The van der Waals surface area contributed by atoms with Gasteiger partial charge >= 0.3 is 0 Å². The van der Waals surface area contributed by atoms with E-state index in [1.165, 1.54) is 5.56 Å². The number of hydrogen-bond acceptors (Lipinski definition) is 4. The van der Waals surface area contributed by atoms with E-state index >= 15 is 0 Å². The number of furan rings is 1. The minimum absolute atomic E-state index is 0.526. The van der Waals surface area contributed by atoms with E-state index < -0.39 is 0 Å². The molecule has 0 radical (unpaired) electrons. The van der Waals surface area contributed by atoms with Gasteiger partial charge in [0.25, 0.3) is 0 Å². The summed E-state index contributed by atoms with van der Waals surface area (Å²) in [6.45, 7) is 13.5. The summed E-state index contributed by atoms with van der Waals surface area (Å²) in [5.74, 6) is 2.14. The SMILES string of the molecule is CCNCc1oc(CN(CC)C(C)CN(C)C)cc1C. The molecule has 0 fully saturated rings. The summed E-state index contributed by atoms with van der Waals surface area (Å²) in [5, 5.41) is 3.32. The molecule has 1 heterocycles. The normalized spacial score (nSPS) is 13.4. The third-order valence-corrected chi connectivity index (χ3v) is 3.62. The first-order valence-corrected chi connectivity index (χ1v) is 7.65. The van der Waals surface area contributed by atoms with E-state index in [2.05, 4.69) is 63.0 Å². The van der Waals surface area contributed by atoms with Crippen LogP contribution in [0.2, 0.25) is 0 Å². The minimum Gasteiger partial charge on any atom is -0.463 e. The predicted molar refractivity (Wildman–Crippen MR) is 84.9 cm³/mol. The smallest absolute Gasteiger partial charge is 0.120 e. The van der Waals surface area contributed by atoms with Gasteiger partial charge in [-0.15, -0.1) is 0 Å². The fraction of sp³-hybridized carbons (Fsp3) is 0.750. The second-order valence-corrected chi connectivity index (χ2v) is 5.77. The molecule has 0 saturated heterocycles. The van der Waals surface area contributed by atoms with Crippen LogP contribution in [0, 0.1) is 6.92 Å². The molecule has 0 aromatic carbocycles. The second kappa shape index (κ2) is 8.45. The predicted octanol–water partition coefficient (Wildman–Crippen LogP) is 2.47. The van der Waals surface area contributed by atoms with Crippen LogP contribution in [-0.2, 0) is 13.1 Å². The van der Waals surface area contributed by atoms with Crippen LogP contribution in [0.1, 0.15) is 37.9 Å². The van der Waals surface area contributed by atoms with Crippen molar-refractivity contribution in [1.29, 1.82) is 0 Å². The highest BCUT2D eigenvalue weighted by Gasteiger charge is 2.16. The number of aryl methyl sites for hydroxylation is 1. The molecule has 1 rings (SSSR count). The van der Waals surface area contributed by atoms with Crippen molar-refractivity contribution < 1.29 is 4.42 Å². The highest BCUT2D eigenvalue weighted by Crippen LogP contribution is 2.17. The lowest BCUT2D eigenvalue weighted by molar-refractivity contribution is 0.162. The molecule has 1 N–H and O–H groups in total. The maximum absolute atomic E-state index is 5.99. The number of hydrogen-bond donors (Lipinski definition) is 1. The summed E-state index contributed by atoms with van der Waals surface area (Å²) in [6, 6.07) is 2.70. The van der Waals surface area contributed by atoms with Gasteiger partial charge < -0.3 is 14.6 Å². The Morgan fingerprint density at radius 2 is 2.00 bits per heavy atom. The van der Waals surface area contributed by atoms with Gasteiger partial charge in [-0.05, 0) is 52.7 Å². The van der Waals surface area contributed by atoms with E-state index in [-0.39, 0.29) is 0 Å². The van der Waals surface area contributed by atoms with E-state index in [4.69, 9.17) is 4.42 Å². The third kappa shape index (κ3) is 5.27. The van der Waals surface area contributed by atoms with Crippen molar-refractivity contribution in [2.45, 2.75) is 46.8 Å². The maximum Gasteiger partial charge on any atom is 0.120 e. The van der Waals surface area contributed by atoms with Crippen molar-refractivity contribution in [3.8, 4) is 0 Å². The lowest BCUT2D eigenvalue weighted by atomic mass is 10.2. The Bertz CT molecular complexity index is 387. The van der Waals surface area contributed by atoms with Gasteiger partial charge in [-0.25, -0.2) is 0 Å². The van der Waals surface area contributed by atoms with Crippen LogP contribution in [0.5, 0.6) is 0 Å². The van der Waals surface area contributed by atoms with Gasteiger partial charge in [-0.2, -0.15) is 0 Å². The van der Waals surface area contributed by atoms with Crippen LogP contribution in [0.3, 0.4) is 0 Å². The van der Waals surface area contributed by atoms with Gasteiger partial charge in [0, 0.05) is 12.6 Å². The van der Waals surface area contributed by atoms with Crippen LogP contribution in [0.15, 0.2) is 10.5 Å². The molecule has 0 saturated carbocycles. The van der Waals surface area contributed by atoms with E-state index in [0.717, 1.165) is 44.2 Å². The highest BCUT2D eigenvalue weighted by atomic mass is 16.3. The first kappa shape index (κ1) is 17.2. The van der Waals surface area contributed by atoms with E-state index in [1.54, 1.807) is 0 Å². The minimum atomic E-state index is 0.526. The average Bonchev–Trinajstić information content (AvgIpc) is 2.72. The van der Waals surface area contributed by atoms with Crippen LogP contribution in [0.4, 0.5) is 0 Å². The van der Waals surface area contributed by atoms with Crippen molar-refractivity contribution >= 4 is 0 Å². The summed E-state index contributed by atoms with van der Waals surface area (Å²) < 4.78 is 5.99. The van der Waals surface area contributed by atoms with Crippen molar-refractivity contribution in [3.63, 3.8) is 0 Å². The topological polar surface area (TPSA) is 31.7 Å². The summed E-state index contributed by atoms with van der Waals surface area (Å²) in [5.41, 5.74) is 1.25. The molecule has 0 aliphatic rings. The van der Waals surface area contributed by atoms with Crippen LogP contribution >= 0.6 is 0 Å². The van der Waals surface area contributed by atoms with E-state index in [1.807, 2.05) is 0 Å². The Hall–Kier alpha value is -0.840. The van der Waals surface area contributed by atoms with Crippen LogP contribution < -0.4 is 5.32 Å². The molecule has 1 aromatic rings. The number of rotatable bonds is 9. The third-order valence-electron chi connectivity index (χ3n) is 3.62. The standard InChI is InChI=1S/C16H31N3O/c1-7-17-10-16-13(3)9-15(20-16)12-19(8-2)14(4)11-18(5)6/h9,14,17H,7-8,10-12H2,1-6H3. The van der Waals surface area contributed by atoms with E-state index in [9.17, 15) is 0 Å². The lowest BCUT2D eigenvalue weighted by Crippen LogP contribution is -2.39. The summed E-state index contributed by atoms with van der Waals surface area (Å²) in [4.78, 5) is 4.69. The average molecular weight is 281 g/mol. The Kier molecular flexibility index (Phi) is 7.27. The van der Waals surface area contributed by atoms with Gasteiger partial charge in [0.1, 0.15) is 11.5 Å². The van der Waals surface area contributed by atoms with Gasteiger partial charge in [-0.1, -0.05) is 13.8 Å². The van der Waals surface area contributed by atoms with Gasteiger partial charge in [0.2, 0.25) is 0 Å². The molecule has 4 nitrogen and oxygen atoms in total. The van der Waals surface area contributed by atoms with Gasteiger partial charge in [0.05, 0.1) is 13.1 Å². The maximum atomic E-state index is 5.99. The molecule has 1 atom stereocenters. The Balaban J connectivity index is 2.65. The highest BCUT2D eigenvalue weighted by molar-refractivity contribution is 5.20. The molecule has 0 spiro atoms. The monoisotopic (exact) mass is 281 g/mol. The van der Waals surface area contributed by atoms with Crippen molar-refractivity contribution in [2.75, 3.05) is 33.7 Å². The Labute approximate surface area is 124 Å². The molecule has 116 valence electrons. The molecule has 20 heavy (non-hydrogen) atoms. The number of nitrogens with zero attached hydrogens (tertiary/aromatic N) is 2. The van der Waals surface area contributed by atoms with Crippen molar-refractivity contribution in [2.24, 2.45) is 0 Å². The zero-order valence-corrected chi connectivity index (χ0v) is 14.0. The molecule has 1 aromatic heterocycles. The number of likely N-dealkylation sites (N-methyl/N-ethyl adjacent to an activating group) is 2. The molecule has 0 bridgehead atoms.